The minimum Gasteiger partial charge on any atom is -0.345 e. The highest BCUT2D eigenvalue weighted by atomic mass is 35.5. The van der Waals surface area contributed by atoms with Crippen LogP contribution in [0.5, 0.6) is 0 Å². The fourth-order valence-electron chi connectivity index (χ4n) is 1.99. The average Bonchev–Trinajstić information content (AvgIpc) is 2.71. The summed E-state index contributed by atoms with van der Waals surface area (Å²) >= 11 is 1.46. The molecule has 8 heteroatoms. The van der Waals surface area contributed by atoms with Crippen LogP contribution in [-0.2, 0) is 14.6 Å². The number of carbonyl (C=O) groups excluding carboxylic acids is 1. The van der Waals surface area contributed by atoms with Crippen molar-refractivity contribution >= 4 is 39.9 Å². The Morgan fingerprint density at radius 2 is 2.05 bits per heavy atom. The molecule has 0 aromatic heterocycles. The first-order chi connectivity index (χ1) is 9.21. The maximum Gasteiger partial charge on any atom is 0.232 e. The average molecular weight is 359 g/mol. The molecule has 2 atom stereocenters. The van der Waals surface area contributed by atoms with Crippen LogP contribution >= 0.6 is 24.2 Å². The van der Waals surface area contributed by atoms with E-state index in [1.807, 2.05) is 0 Å². The van der Waals surface area contributed by atoms with Crippen LogP contribution in [0.3, 0.4) is 0 Å². The second-order valence-corrected chi connectivity index (χ2v) is 9.37. The minimum atomic E-state index is -2.86. The Labute approximate surface area is 138 Å². The van der Waals surface area contributed by atoms with Gasteiger partial charge in [0.25, 0.3) is 0 Å². The molecule has 0 aromatic rings. The molecule has 1 amide bonds. The number of rotatable bonds is 7. The standard InChI is InChI=1S/C13H26N2O3S2.ClH/c1-10(2)12(14)4-6-15(3)13(16)8-19-11-5-7-20(17,18)9-11;/h10-12H,4-9,14H2,1-3H3;1H. The quantitative estimate of drug-likeness (QED) is 0.738. The Bertz CT molecular complexity index is 429. The summed E-state index contributed by atoms with van der Waals surface area (Å²) in [6, 6.07) is 0.109. The number of carbonyl (C=O) groups is 1. The summed E-state index contributed by atoms with van der Waals surface area (Å²) in [5, 5.41) is 0.0790. The number of thioether (sulfide) groups is 1. The zero-order valence-corrected chi connectivity index (χ0v) is 15.4. The molecular formula is C13H27ClN2O3S2. The Balaban J connectivity index is 0.00000400. The van der Waals surface area contributed by atoms with E-state index in [0.717, 1.165) is 6.42 Å². The molecule has 0 saturated carbocycles. The third-order valence-electron chi connectivity index (χ3n) is 3.71. The summed E-state index contributed by atoms with van der Waals surface area (Å²) < 4.78 is 22.7. The second-order valence-electron chi connectivity index (χ2n) is 5.85. The van der Waals surface area contributed by atoms with E-state index in [1.54, 1.807) is 11.9 Å². The maximum absolute atomic E-state index is 12.0. The van der Waals surface area contributed by atoms with Crippen molar-refractivity contribution in [3.05, 3.63) is 0 Å². The van der Waals surface area contributed by atoms with Gasteiger partial charge in [-0.15, -0.1) is 24.2 Å². The molecule has 0 spiro atoms. The van der Waals surface area contributed by atoms with Crippen LogP contribution in [0.4, 0.5) is 0 Å². The van der Waals surface area contributed by atoms with Gasteiger partial charge in [-0.3, -0.25) is 4.79 Å². The third-order valence-corrected chi connectivity index (χ3v) is 6.98. The third kappa shape index (κ3) is 7.72. The molecular weight excluding hydrogens is 332 g/mol. The van der Waals surface area contributed by atoms with Crippen LogP contribution in [0, 0.1) is 5.92 Å². The topological polar surface area (TPSA) is 80.5 Å². The molecule has 1 rings (SSSR count). The van der Waals surface area contributed by atoms with Crippen molar-refractivity contribution in [1.82, 2.24) is 4.90 Å². The van der Waals surface area contributed by atoms with Crippen molar-refractivity contribution in [3.63, 3.8) is 0 Å². The molecule has 2 unspecified atom stereocenters. The lowest BCUT2D eigenvalue weighted by Crippen LogP contribution is -2.35. The number of halogens is 1. The van der Waals surface area contributed by atoms with Gasteiger partial charge in [0.2, 0.25) is 5.91 Å². The Hall–Kier alpha value is 0.0200. The lowest BCUT2D eigenvalue weighted by atomic mass is 10.0. The van der Waals surface area contributed by atoms with Gasteiger partial charge in [0.1, 0.15) is 0 Å². The van der Waals surface area contributed by atoms with E-state index in [4.69, 9.17) is 5.73 Å². The van der Waals surface area contributed by atoms with Crippen LogP contribution in [0.25, 0.3) is 0 Å². The summed E-state index contributed by atoms with van der Waals surface area (Å²) in [5.41, 5.74) is 5.96. The highest BCUT2D eigenvalue weighted by Crippen LogP contribution is 2.24. The normalized spacial score (nSPS) is 21.9. The van der Waals surface area contributed by atoms with Gasteiger partial charge in [-0.1, -0.05) is 13.8 Å². The Morgan fingerprint density at radius 1 is 1.43 bits per heavy atom. The zero-order valence-electron chi connectivity index (χ0n) is 12.9. The number of sulfone groups is 1. The Morgan fingerprint density at radius 3 is 2.52 bits per heavy atom. The summed E-state index contributed by atoms with van der Waals surface area (Å²) in [6.45, 7) is 4.80. The molecule has 126 valence electrons. The van der Waals surface area contributed by atoms with Crippen molar-refractivity contribution < 1.29 is 13.2 Å². The fraction of sp³-hybridized carbons (Fsp3) is 0.923. The van der Waals surface area contributed by atoms with Crippen LogP contribution in [0.15, 0.2) is 0 Å². The first-order valence-electron chi connectivity index (χ1n) is 7.03. The first-order valence-corrected chi connectivity index (χ1v) is 9.90. The van der Waals surface area contributed by atoms with Crippen molar-refractivity contribution in [2.24, 2.45) is 11.7 Å². The highest BCUT2D eigenvalue weighted by Gasteiger charge is 2.28. The summed E-state index contributed by atoms with van der Waals surface area (Å²) in [4.78, 5) is 13.7. The predicted molar refractivity (Wildman–Crippen MR) is 91.8 cm³/mol. The van der Waals surface area contributed by atoms with Gasteiger partial charge in [-0.2, -0.15) is 0 Å². The van der Waals surface area contributed by atoms with Gasteiger partial charge in [0.05, 0.1) is 17.3 Å². The van der Waals surface area contributed by atoms with Crippen LogP contribution in [-0.4, -0.2) is 61.4 Å². The van der Waals surface area contributed by atoms with Crippen molar-refractivity contribution in [2.75, 3.05) is 30.9 Å². The van der Waals surface area contributed by atoms with E-state index in [0.29, 0.717) is 24.6 Å². The van der Waals surface area contributed by atoms with Gasteiger partial charge in [-0.05, 0) is 18.8 Å². The number of nitrogens with zero attached hydrogens (tertiary/aromatic N) is 1. The fourth-order valence-corrected chi connectivity index (χ4v) is 5.58. The molecule has 0 aromatic carbocycles. The smallest absolute Gasteiger partial charge is 0.232 e. The molecule has 2 N–H and O–H groups in total. The highest BCUT2D eigenvalue weighted by molar-refractivity contribution is 8.02. The van der Waals surface area contributed by atoms with Gasteiger partial charge in [-0.25, -0.2) is 8.42 Å². The molecule has 1 aliphatic rings. The van der Waals surface area contributed by atoms with Crippen molar-refractivity contribution in [2.45, 2.75) is 38.0 Å². The molecule has 5 nitrogen and oxygen atoms in total. The number of hydrogen-bond donors (Lipinski definition) is 1. The van der Waals surface area contributed by atoms with E-state index in [2.05, 4.69) is 13.8 Å². The molecule has 1 fully saturated rings. The summed E-state index contributed by atoms with van der Waals surface area (Å²) in [7, 11) is -1.08. The van der Waals surface area contributed by atoms with Crippen LogP contribution in [0.1, 0.15) is 26.7 Å². The van der Waals surface area contributed by atoms with Gasteiger partial charge >= 0.3 is 0 Å². The van der Waals surface area contributed by atoms with E-state index in [-0.39, 0.29) is 41.1 Å². The number of amides is 1. The van der Waals surface area contributed by atoms with E-state index in [1.165, 1.54) is 11.8 Å². The van der Waals surface area contributed by atoms with E-state index >= 15 is 0 Å². The molecule has 0 bridgehead atoms. The lowest BCUT2D eigenvalue weighted by molar-refractivity contribution is -0.127. The van der Waals surface area contributed by atoms with Crippen LogP contribution in [0.2, 0.25) is 0 Å². The minimum absolute atomic E-state index is 0. The van der Waals surface area contributed by atoms with Gasteiger partial charge in [0, 0.05) is 24.9 Å². The molecule has 21 heavy (non-hydrogen) atoms. The lowest BCUT2D eigenvalue weighted by Gasteiger charge is -2.22. The second kappa shape index (κ2) is 9.22. The number of hydrogen-bond acceptors (Lipinski definition) is 5. The van der Waals surface area contributed by atoms with Crippen LogP contribution < -0.4 is 5.73 Å². The number of nitrogens with two attached hydrogens (primary N) is 1. The first kappa shape index (κ1) is 21.0. The van der Waals surface area contributed by atoms with E-state index < -0.39 is 9.84 Å². The summed E-state index contributed by atoms with van der Waals surface area (Å²) in [6.07, 6.45) is 1.46. The SMILES string of the molecule is CC(C)C(N)CCN(C)C(=O)CSC1CCS(=O)(=O)C1.Cl. The van der Waals surface area contributed by atoms with Crippen molar-refractivity contribution in [1.29, 1.82) is 0 Å². The Kier molecular flexibility index (Phi) is 9.23. The summed E-state index contributed by atoms with van der Waals surface area (Å²) in [5.74, 6) is 1.30. The maximum atomic E-state index is 12.0. The van der Waals surface area contributed by atoms with Crippen molar-refractivity contribution in [3.8, 4) is 0 Å². The van der Waals surface area contributed by atoms with Gasteiger partial charge in [0.15, 0.2) is 9.84 Å². The van der Waals surface area contributed by atoms with Gasteiger partial charge < -0.3 is 10.6 Å². The van der Waals surface area contributed by atoms with E-state index in [9.17, 15) is 13.2 Å². The molecule has 1 heterocycles. The predicted octanol–water partition coefficient (Wildman–Crippen LogP) is 1.16. The molecule has 1 saturated heterocycles. The molecule has 0 radical (unpaired) electrons. The zero-order chi connectivity index (χ0) is 15.3. The largest absolute Gasteiger partial charge is 0.345 e. The monoisotopic (exact) mass is 358 g/mol. The molecule has 0 aliphatic carbocycles. The molecule has 1 aliphatic heterocycles.